The molecule has 1 aliphatic heterocycles. The molecule has 0 bridgehead atoms. The van der Waals surface area contributed by atoms with Gasteiger partial charge in [0.1, 0.15) is 17.1 Å². The van der Waals surface area contributed by atoms with Crippen LogP contribution in [0.1, 0.15) is 52.0 Å². The van der Waals surface area contributed by atoms with Crippen molar-refractivity contribution >= 4 is 17.6 Å². The molecule has 0 saturated carbocycles. The fourth-order valence-electron chi connectivity index (χ4n) is 3.86. The number of Topliss-reactive ketones (excluding diaryl/α,β-unsaturated/α-hetero) is 1. The number of amides is 2. The van der Waals surface area contributed by atoms with Crippen molar-refractivity contribution in [3.63, 3.8) is 0 Å². The van der Waals surface area contributed by atoms with Gasteiger partial charge in [-0.15, -0.1) is 0 Å². The fraction of sp³-hybridized carbons (Fsp3) is 0.400. The van der Waals surface area contributed by atoms with Crippen molar-refractivity contribution in [1.29, 1.82) is 0 Å². The Hall–Kier alpha value is -3.35. The van der Waals surface area contributed by atoms with Gasteiger partial charge in [-0.05, 0) is 31.9 Å². The van der Waals surface area contributed by atoms with Crippen LogP contribution in [0.25, 0.3) is 0 Å². The molecule has 0 spiro atoms. The number of benzene rings is 2. The molecule has 1 saturated heterocycles. The van der Waals surface area contributed by atoms with E-state index in [0.29, 0.717) is 48.6 Å². The molecule has 0 atom stereocenters. The third-order valence-electron chi connectivity index (χ3n) is 5.74. The summed E-state index contributed by atoms with van der Waals surface area (Å²) in [7, 11) is 3.05. The summed E-state index contributed by atoms with van der Waals surface area (Å²) < 4.78 is 10.7. The molecule has 0 aromatic heterocycles. The smallest absolute Gasteiger partial charge is 0.261 e. The largest absolute Gasteiger partial charge is 0.496 e. The summed E-state index contributed by atoms with van der Waals surface area (Å²) in [6, 6.07) is 12.6. The van der Waals surface area contributed by atoms with Gasteiger partial charge in [-0.3, -0.25) is 14.4 Å². The topological polar surface area (TPSA) is 84.9 Å². The van der Waals surface area contributed by atoms with Gasteiger partial charge < -0.3 is 19.7 Å². The summed E-state index contributed by atoms with van der Waals surface area (Å²) in [5.41, 5.74) is 2.13. The summed E-state index contributed by atoms with van der Waals surface area (Å²) in [4.78, 5) is 39.4. The molecular weight excluding hydrogens is 408 g/mol. The summed E-state index contributed by atoms with van der Waals surface area (Å²) in [5, 5.41) is 3.00. The van der Waals surface area contributed by atoms with Crippen molar-refractivity contribution in [3.05, 3.63) is 59.2 Å². The van der Waals surface area contributed by atoms with Crippen molar-refractivity contribution in [2.45, 2.75) is 38.6 Å². The van der Waals surface area contributed by atoms with Gasteiger partial charge in [0.2, 0.25) is 5.91 Å². The molecule has 32 heavy (non-hydrogen) atoms. The number of nitrogens with one attached hydrogen (secondary N) is 1. The van der Waals surface area contributed by atoms with E-state index >= 15 is 0 Å². The zero-order valence-electron chi connectivity index (χ0n) is 18.8. The van der Waals surface area contributed by atoms with Crippen LogP contribution in [0.4, 0.5) is 0 Å². The predicted molar refractivity (Wildman–Crippen MR) is 121 cm³/mol. The number of ketones is 1. The molecule has 1 N–H and O–H groups in total. The van der Waals surface area contributed by atoms with E-state index in [9.17, 15) is 14.4 Å². The van der Waals surface area contributed by atoms with Crippen LogP contribution >= 0.6 is 0 Å². The molecule has 2 aromatic rings. The number of piperidine rings is 1. The Labute approximate surface area is 188 Å². The van der Waals surface area contributed by atoms with Gasteiger partial charge in [0, 0.05) is 37.5 Å². The zero-order chi connectivity index (χ0) is 23.1. The Kier molecular flexibility index (Phi) is 7.87. The predicted octanol–water partition coefficient (Wildman–Crippen LogP) is 3.40. The second-order valence-electron chi connectivity index (χ2n) is 7.96. The van der Waals surface area contributed by atoms with Crippen molar-refractivity contribution < 1.29 is 23.9 Å². The summed E-state index contributed by atoms with van der Waals surface area (Å²) in [5.74, 6) is 0.631. The fourth-order valence-corrected chi connectivity index (χ4v) is 3.86. The van der Waals surface area contributed by atoms with Gasteiger partial charge in [0.15, 0.2) is 5.78 Å². The average Bonchev–Trinajstić information content (AvgIpc) is 2.82. The van der Waals surface area contributed by atoms with Gasteiger partial charge in [-0.25, -0.2) is 0 Å². The van der Waals surface area contributed by atoms with Crippen LogP contribution in [0.3, 0.4) is 0 Å². The second kappa shape index (κ2) is 10.8. The van der Waals surface area contributed by atoms with Gasteiger partial charge >= 0.3 is 0 Å². The van der Waals surface area contributed by atoms with Crippen LogP contribution in [-0.4, -0.2) is 55.8 Å². The molecule has 7 heteroatoms. The lowest BCUT2D eigenvalue weighted by molar-refractivity contribution is -0.122. The number of methoxy groups -OCH3 is 2. The molecule has 7 nitrogen and oxygen atoms in total. The summed E-state index contributed by atoms with van der Waals surface area (Å²) in [6.45, 7) is 3.01. The van der Waals surface area contributed by atoms with Crippen molar-refractivity contribution in [2.75, 3.05) is 27.3 Å². The normalized spacial score (nSPS) is 14.0. The van der Waals surface area contributed by atoms with Crippen LogP contribution in [0.2, 0.25) is 0 Å². The van der Waals surface area contributed by atoms with Crippen LogP contribution in [0, 0.1) is 6.92 Å². The number of nitrogens with zero attached hydrogens (tertiary/aromatic N) is 1. The third-order valence-corrected chi connectivity index (χ3v) is 5.74. The number of hydrogen-bond donors (Lipinski definition) is 1. The molecule has 2 aromatic carbocycles. The first kappa shape index (κ1) is 23.3. The molecule has 0 unspecified atom stereocenters. The maximum absolute atomic E-state index is 13.1. The number of likely N-dealkylation sites (tertiary alicyclic amines) is 1. The Morgan fingerprint density at radius 1 is 0.938 bits per heavy atom. The molecule has 1 fully saturated rings. The molecule has 1 aliphatic rings. The van der Waals surface area contributed by atoms with Gasteiger partial charge in [0.05, 0.1) is 14.2 Å². The third kappa shape index (κ3) is 5.66. The van der Waals surface area contributed by atoms with E-state index < -0.39 is 0 Å². The van der Waals surface area contributed by atoms with E-state index in [1.807, 2.05) is 19.1 Å². The number of rotatable bonds is 8. The van der Waals surface area contributed by atoms with Gasteiger partial charge in [-0.2, -0.15) is 0 Å². The van der Waals surface area contributed by atoms with Crippen LogP contribution < -0.4 is 14.8 Å². The van der Waals surface area contributed by atoms with Crippen LogP contribution in [0.15, 0.2) is 42.5 Å². The highest BCUT2D eigenvalue weighted by atomic mass is 16.5. The molecule has 1 heterocycles. The van der Waals surface area contributed by atoms with E-state index in [4.69, 9.17) is 9.47 Å². The number of carbonyl (C=O) groups is 3. The first-order chi connectivity index (χ1) is 15.4. The second-order valence-corrected chi connectivity index (χ2v) is 7.96. The molecule has 2 amide bonds. The Bertz CT molecular complexity index is 941. The number of aryl methyl sites for hydroxylation is 1. The minimum absolute atomic E-state index is 0.0133. The van der Waals surface area contributed by atoms with Crippen LogP contribution in [-0.2, 0) is 4.79 Å². The molecule has 0 aliphatic carbocycles. The molecule has 3 rings (SSSR count). The van der Waals surface area contributed by atoms with E-state index in [1.54, 1.807) is 35.2 Å². The first-order valence-electron chi connectivity index (χ1n) is 10.8. The highest BCUT2D eigenvalue weighted by Gasteiger charge is 2.28. The minimum Gasteiger partial charge on any atom is -0.496 e. The molecule has 0 radical (unpaired) electrons. The lowest BCUT2D eigenvalue weighted by Crippen LogP contribution is -2.46. The van der Waals surface area contributed by atoms with Crippen molar-refractivity contribution in [3.8, 4) is 11.5 Å². The van der Waals surface area contributed by atoms with Crippen molar-refractivity contribution in [2.24, 2.45) is 0 Å². The number of ether oxygens (including phenoxy) is 2. The Morgan fingerprint density at radius 2 is 1.53 bits per heavy atom. The maximum Gasteiger partial charge on any atom is 0.261 e. The van der Waals surface area contributed by atoms with E-state index in [0.717, 1.165) is 5.56 Å². The van der Waals surface area contributed by atoms with E-state index in [2.05, 4.69) is 5.32 Å². The van der Waals surface area contributed by atoms with E-state index in [-0.39, 0.29) is 36.5 Å². The van der Waals surface area contributed by atoms with Crippen molar-refractivity contribution in [1.82, 2.24) is 10.2 Å². The lowest BCUT2D eigenvalue weighted by atomic mass is 10.0. The van der Waals surface area contributed by atoms with Gasteiger partial charge in [-0.1, -0.05) is 35.9 Å². The highest BCUT2D eigenvalue weighted by Crippen LogP contribution is 2.30. The standard InChI is InChI=1S/C25H30N2O5/c1-17-7-9-18(10-8-17)20(28)11-12-23(29)26-19-13-15-27(16-14-19)25(30)24-21(31-2)5-4-6-22(24)32-3/h4-10,19H,11-16H2,1-3H3,(H,26,29). The Balaban J connectivity index is 1.48. The quantitative estimate of drug-likeness (QED) is 0.639. The average molecular weight is 439 g/mol. The minimum atomic E-state index is -0.146. The zero-order valence-corrected chi connectivity index (χ0v) is 18.8. The summed E-state index contributed by atoms with van der Waals surface area (Å²) >= 11 is 0. The number of hydrogen-bond acceptors (Lipinski definition) is 5. The number of carbonyl (C=O) groups excluding carboxylic acids is 3. The van der Waals surface area contributed by atoms with Crippen LogP contribution in [0.5, 0.6) is 11.5 Å². The summed E-state index contributed by atoms with van der Waals surface area (Å²) in [6.07, 6.45) is 1.64. The SMILES string of the molecule is COc1cccc(OC)c1C(=O)N1CCC(NC(=O)CCC(=O)c2ccc(C)cc2)CC1. The monoisotopic (exact) mass is 438 g/mol. The first-order valence-corrected chi connectivity index (χ1v) is 10.8. The molecular formula is C25H30N2O5. The molecule has 170 valence electrons. The maximum atomic E-state index is 13.1. The lowest BCUT2D eigenvalue weighted by Gasteiger charge is -2.33. The van der Waals surface area contributed by atoms with Gasteiger partial charge in [0.25, 0.3) is 5.91 Å². The van der Waals surface area contributed by atoms with E-state index in [1.165, 1.54) is 14.2 Å². The Morgan fingerprint density at radius 3 is 2.09 bits per heavy atom. The highest BCUT2D eigenvalue weighted by molar-refractivity contribution is 6.00.